The minimum Gasteiger partial charge on any atom is -0.508 e. The third-order valence-corrected chi connectivity index (χ3v) is 2.48. The second-order valence-electron chi connectivity index (χ2n) is 3.83. The van der Waals surface area contributed by atoms with Crippen LogP contribution in [0.15, 0.2) is 36.4 Å². The summed E-state index contributed by atoms with van der Waals surface area (Å²) in [7, 11) is 0. The van der Waals surface area contributed by atoms with Crippen LogP contribution in [-0.2, 0) is 0 Å². The molecule has 0 aromatic heterocycles. The molecule has 0 saturated heterocycles. The van der Waals surface area contributed by atoms with E-state index in [0.717, 1.165) is 12.1 Å². The molecule has 19 heavy (non-hydrogen) atoms. The average molecular weight is 264 g/mol. The lowest BCUT2D eigenvalue weighted by Gasteiger charge is -2.09. The van der Waals surface area contributed by atoms with Gasteiger partial charge in [0.1, 0.15) is 5.75 Å². The first-order valence-electron chi connectivity index (χ1n) is 5.33. The van der Waals surface area contributed by atoms with Crippen molar-refractivity contribution in [3.05, 3.63) is 53.6 Å². The number of aromatic hydroxyl groups is 1. The Balaban J connectivity index is 2.31. The number of halogens is 2. The molecule has 0 radical (unpaired) electrons. The Bertz CT molecular complexity index is 645. The third-order valence-electron chi connectivity index (χ3n) is 2.48. The fraction of sp³-hybridized carbons (Fsp3) is 0. The molecule has 0 saturated carbocycles. The Morgan fingerprint density at radius 2 is 1.95 bits per heavy atom. The van der Waals surface area contributed by atoms with Gasteiger partial charge in [0.25, 0.3) is 5.91 Å². The molecule has 0 fully saturated rings. The van der Waals surface area contributed by atoms with Crippen LogP contribution in [0.2, 0.25) is 0 Å². The van der Waals surface area contributed by atoms with E-state index in [2.05, 4.69) is 5.32 Å². The summed E-state index contributed by atoms with van der Waals surface area (Å²) in [4.78, 5) is 11.9. The van der Waals surface area contributed by atoms with Crippen LogP contribution in [0, 0.1) is 11.6 Å². The molecule has 2 rings (SSSR count). The summed E-state index contributed by atoms with van der Waals surface area (Å²) >= 11 is 0. The molecule has 2 aromatic rings. The van der Waals surface area contributed by atoms with Gasteiger partial charge in [-0.15, -0.1) is 0 Å². The van der Waals surface area contributed by atoms with Crippen molar-refractivity contribution >= 4 is 17.3 Å². The number of hydrogen-bond acceptors (Lipinski definition) is 3. The minimum absolute atomic E-state index is 0.0244. The summed E-state index contributed by atoms with van der Waals surface area (Å²) in [5.74, 6) is -3.12. The summed E-state index contributed by atoms with van der Waals surface area (Å²) in [6, 6.07) is 7.21. The number of nitrogen functional groups attached to an aromatic ring is 1. The number of rotatable bonds is 2. The Hall–Kier alpha value is -2.63. The summed E-state index contributed by atoms with van der Waals surface area (Å²) < 4.78 is 26.4. The molecule has 2 aromatic carbocycles. The van der Waals surface area contributed by atoms with Gasteiger partial charge in [0.15, 0.2) is 11.6 Å². The number of hydrogen-bond donors (Lipinski definition) is 3. The van der Waals surface area contributed by atoms with E-state index in [-0.39, 0.29) is 22.7 Å². The number of nitrogens with two attached hydrogens (primary N) is 1. The van der Waals surface area contributed by atoms with Gasteiger partial charge in [-0.05, 0) is 30.3 Å². The number of phenolic OH excluding ortho intramolecular Hbond substituents is 1. The van der Waals surface area contributed by atoms with Gasteiger partial charge in [-0.3, -0.25) is 4.79 Å². The predicted molar refractivity (Wildman–Crippen MR) is 66.8 cm³/mol. The highest BCUT2D eigenvalue weighted by atomic mass is 19.2. The molecule has 0 aliphatic heterocycles. The van der Waals surface area contributed by atoms with Crippen molar-refractivity contribution in [2.75, 3.05) is 11.1 Å². The number of phenols is 1. The lowest BCUT2D eigenvalue weighted by Crippen LogP contribution is -2.15. The molecule has 0 atom stereocenters. The van der Waals surface area contributed by atoms with Gasteiger partial charge in [0, 0.05) is 5.69 Å². The van der Waals surface area contributed by atoms with Gasteiger partial charge in [0.05, 0.1) is 11.3 Å². The predicted octanol–water partition coefficient (Wildman–Crippen LogP) is 2.50. The van der Waals surface area contributed by atoms with Crippen LogP contribution >= 0.6 is 0 Å². The second-order valence-corrected chi connectivity index (χ2v) is 3.83. The zero-order valence-electron chi connectivity index (χ0n) is 9.65. The topological polar surface area (TPSA) is 75.3 Å². The molecule has 0 heterocycles. The van der Waals surface area contributed by atoms with E-state index in [1.807, 2.05) is 0 Å². The molecule has 0 aliphatic rings. The number of nitrogens with one attached hydrogen (secondary N) is 1. The van der Waals surface area contributed by atoms with E-state index in [0.29, 0.717) is 0 Å². The van der Waals surface area contributed by atoms with Gasteiger partial charge in [-0.1, -0.05) is 6.07 Å². The van der Waals surface area contributed by atoms with Gasteiger partial charge >= 0.3 is 0 Å². The monoisotopic (exact) mass is 264 g/mol. The highest BCUT2D eigenvalue weighted by molar-refractivity contribution is 6.08. The maximum Gasteiger partial charge on any atom is 0.257 e. The standard InChI is InChI=1S/C13H10F2N2O2/c14-9-2-1-3-11(12(9)15)17-13(19)8-6-7(18)4-5-10(8)16/h1-6,18H,16H2,(H,17,19). The average Bonchev–Trinajstić information content (AvgIpc) is 2.38. The van der Waals surface area contributed by atoms with Crippen LogP contribution < -0.4 is 11.1 Å². The number of carbonyl (C=O) groups excluding carboxylic acids is 1. The van der Waals surface area contributed by atoms with E-state index in [4.69, 9.17) is 5.73 Å². The van der Waals surface area contributed by atoms with E-state index in [1.165, 1.54) is 24.3 Å². The van der Waals surface area contributed by atoms with Gasteiger partial charge in [0.2, 0.25) is 0 Å². The molecule has 6 heteroatoms. The zero-order valence-corrected chi connectivity index (χ0v) is 9.65. The highest BCUT2D eigenvalue weighted by Crippen LogP contribution is 2.22. The van der Waals surface area contributed by atoms with Gasteiger partial charge < -0.3 is 16.2 Å². The smallest absolute Gasteiger partial charge is 0.257 e. The molecule has 0 unspecified atom stereocenters. The van der Waals surface area contributed by atoms with Crippen molar-refractivity contribution in [1.82, 2.24) is 0 Å². The van der Waals surface area contributed by atoms with Crippen molar-refractivity contribution in [2.45, 2.75) is 0 Å². The summed E-state index contributed by atoms with van der Waals surface area (Å²) in [6.45, 7) is 0. The molecule has 0 aliphatic carbocycles. The lowest BCUT2D eigenvalue weighted by atomic mass is 10.1. The van der Waals surface area contributed by atoms with E-state index < -0.39 is 17.5 Å². The number of amides is 1. The Morgan fingerprint density at radius 3 is 2.68 bits per heavy atom. The first-order valence-corrected chi connectivity index (χ1v) is 5.33. The Kier molecular flexibility index (Phi) is 3.33. The SMILES string of the molecule is Nc1ccc(O)cc1C(=O)Nc1cccc(F)c1F. The number of benzene rings is 2. The minimum atomic E-state index is -1.16. The van der Waals surface area contributed by atoms with Crippen LogP contribution in [0.4, 0.5) is 20.2 Å². The summed E-state index contributed by atoms with van der Waals surface area (Å²) in [5.41, 5.74) is 5.37. The number of carbonyl (C=O) groups is 1. The third kappa shape index (κ3) is 2.62. The zero-order chi connectivity index (χ0) is 14.0. The van der Waals surface area contributed by atoms with E-state index in [9.17, 15) is 18.7 Å². The Morgan fingerprint density at radius 1 is 1.21 bits per heavy atom. The van der Waals surface area contributed by atoms with Gasteiger partial charge in [-0.2, -0.15) is 0 Å². The molecule has 1 amide bonds. The van der Waals surface area contributed by atoms with Crippen LogP contribution in [0.3, 0.4) is 0 Å². The summed E-state index contributed by atoms with van der Waals surface area (Å²) in [5, 5.41) is 11.5. The molecular weight excluding hydrogens is 254 g/mol. The largest absolute Gasteiger partial charge is 0.508 e. The first-order chi connectivity index (χ1) is 8.99. The van der Waals surface area contributed by atoms with Crippen LogP contribution in [0.5, 0.6) is 5.75 Å². The number of anilines is 2. The molecule has 0 spiro atoms. The van der Waals surface area contributed by atoms with Crippen molar-refractivity contribution in [3.8, 4) is 5.75 Å². The maximum absolute atomic E-state index is 13.4. The molecular formula is C13H10F2N2O2. The summed E-state index contributed by atoms with van der Waals surface area (Å²) in [6.07, 6.45) is 0. The van der Waals surface area contributed by atoms with E-state index >= 15 is 0 Å². The maximum atomic E-state index is 13.4. The van der Waals surface area contributed by atoms with Crippen LogP contribution in [0.1, 0.15) is 10.4 Å². The Labute approximate surface area is 107 Å². The van der Waals surface area contributed by atoms with Crippen LogP contribution in [0.25, 0.3) is 0 Å². The lowest BCUT2D eigenvalue weighted by molar-refractivity contribution is 0.102. The second kappa shape index (κ2) is 4.93. The quantitative estimate of drug-likeness (QED) is 0.576. The van der Waals surface area contributed by atoms with Crippen LogP contribution in [-0.4, -0.2) is 11.0 Å². The molecule has 4 nitrogen and oxygen atoms in total. The first kappa shape index (κ1) is 12.8. The molecule has 4 N–H and O–H groups in total. The highest BCUT2D eigenvalue weighted by Gasteiger charge is 2.14. The normalized spacial score (nSPS) is 10.2. The van der Waals surface area contributed by atoms with Crippen molar-refractivity contribution in [2.24, 2.45) is 0 Å². The van der Waals surface area contributed by atoms with Gasteiger partial charge in [-0.25, -0.2) is 8.78 Å². The van der Waals surface area contributed by atoms with E-state index in [1.54, 1.807) is 0 Å². The van der Waals surface area contributed by atoms with Crippen molar-refractivity contribution in [3.63, 3.8) is 0 Å². The molecule has 98 valence electrons. The fourth-order valence-corrected chi connectivity index (χ4v) is 1.53. The van der Waals surface area contributed by atoms with Crippen molar-refractivity contribution < 1.29 is 18.7 Å². The van der Waals surface area contributed by atoms with Crippen molar-refractivity contribution in [1.29, 1.82) is 0 Å². The molecule has 0 bridgehead atoms. The fourth-order valence-electron chi connectivity index (χ4n) is 1.53.